The Morgan fingerprint density at radius 1 is 0.481 bits per heavy atom. The Kier molecular flexibility index (Phi) is 33.4. The fraction of sp³-hybridized carbons (Fsp3) is 0.729. The minimum Gasteiger partial charge on any atom is -0.481 e. The van der Waals surface area contributed by atoms with Gasteiger partial charge in [0, 0.05) is 13.0 Å². The summed E-state index contributed by atoms with van der Waals surface area (Å²) in [6.07, 6.45) is -2.90. The number of rotatable bonds is 39. The quantitative estimate of drug-likeness (QED) is 0.0155. The van der Waals surface area contributed by atoms with Crippen LogP contribution in [0.15, 0.2) is 4.99 Å². The van der Waals surface area contributed by atoms with E-state index in [2.05, 4.69) is 42.2 Å². The number of nitrogens with one attached hydrogen (secondary N) is 9. The normalized spacial score (nSPS) is 15.4. The minimum atomic E-state index is -2.00. The number of carbonyl (C=O) groups is 12. The standard InChI is InChI=1S/C48H86N14O17/c1-22(2)18-30(58-40(71)28(13-11-17-53-48(51)52)55-39(70)27(12-9-10-16-49)56-45(76)36(50)24(5)6)42(73)59-31(19-23(3)4)43(74)61-33(21-63)44(75)62-37(26(8)64)46(77)60-32(20-35(67)68)41(72)54-25(7)38(69)57-29(47(78)79)14-15-34(65)66/h22-33,36-37,63-64H,9-21,49-50H2,1-8H3,(H,54,72)(H,55,70)(H,56,76)(H,57,69)(H,58,71)(H,59,73)(H,60,77)(H,61,74)(H,62,75)(H,65,66)(H,67,68)(H,78,79)(H4,51,52,53)/t25-,26+,27-,28-,29-,30-,31-,32-,33-,36-,37-/m0/s1. The van der Waals surface area contributed by atoms with Crippen molar-refractivity contribution in [3.8, 4) is 0 Å². The number of carbonyl (C=O) groups excluding carboxylic acids is 9. The highest BCUT2D eigenvalue weighted by Crippen LogP contribution is 2.12. The summed E-state index contributed by atoms with van der Waals surface area (Å²) in [4.78, 5) is 160. The molecular formula is C48H86N14O17. The lowest BCUT2D eigenvalue weighted by atomic mass is 9.99. The molecule has 0 aliphatic heterocycles. The van der Waals surface area contributed by atoms with Crippen molar-refractivity contribution in [2.75, 3.05) is 19.7 Å². The molecule has 0 aliphatic rings. The van der Waals surface area contributed by atoms with Crippen LogP contribution in [0, 0.1) is 17.8 Å². The van der Waals surface area contributed by atoms with Crippen LogP contribution in [-0.4, -0.2) is 189 Å². The molecule has 31 nitrogen and oxygen atoms in total. The number of hydrogen-bond acceptors (Lipinski definition) is 17. The van der Waals surface area contributed by atoms with E-state index in [9.17, 15) is 78.0 Å². The van der Waals surface area contributed by atoms with Crippen molar-refractivity contribution >= 4 is 77.0 Å². The maximum Gasteiger partial charge on any atom is 0.326 e. The summed E-state index contributed by atoms with van der Waals surface area (Å²) in [5.74, 6) is -14.7. The number of guanidine groups is 1. The predicted octanol–water partition coefficient (Wildman–Crippen LogP) is -5.58. The van der Waals surface area contributed by atoms with E-state index < -0.39 is 163 Å². The molecule has 0 saturated heterocycles. The average molecular weight is 1130 g/mol. The number of nitrogens with two attached hydrogens (primary N) is 4. The number of carboxylic acid groups (broad SMARTS) is 3. The summed E-state index contributed by atoms with van der Waals surface area (Å²) in [5.41, 5.74) is 22.7. The van der Waals surface area contributed by atoms with Gasteiger partial charge in [-0.25, -0.2) is 4.79 Å². The van der Waals surface area contributed by atoms with Gasteiger partial charge in [-0.05, 0) is 89.5 Å². The summed E-state index contributed by atoms with van der Waals surface area (Å²) in [6, 6.07) is -15.3. The van der Waals surface area contributed by atoms with Gasteiger partial charge in [0.15, 0.2) is 5.96 Å². The second kappa shape index (κ2) is 36.8. The summed E-state index contributed by atoms with van der Waals surface area (Å²) in [5, 5.41) is 69.8. The van der Waals surface area contributed by atoms with Crippen molar-refractivity contribution < 1.29 is 83.1 Å². The summed E-state index contributed by atoms with van der Waals surface area (Å²) in [7, 11) is 0. The fourth-order valence-corrected chi connectivity index (χ4v) is 7.30. The van der Waals surface area contributed by atoms with Crippen molar-refractivity contribution in [3.05, 3.63) is 0 Å². The molecule has 0 saturated carbocycles. The Morgan fingerprint density at radius 2 is 0.911 bits per heavy atom. The van der Waals surface area contributed by atoms with Gasteiger partial charge in [-0.2, -0.15) is 0 Å². The zero-order valence-electron chi connectivity index (χ0n) is 46.2. The Labute approximate surface area is 458 Å². The van der Waals surface area contributed by atoms with E-state index in [1.165, 1.54) is 0 Å². The van der Waals surface area contributed by atoms with Crippen LogP contribution in [0.2, 0.25) is 0 Å². The highest BCUT2D eigenvalue weighted by atomic mass is 16.4. The zero-order chi connectivity index (χ0) is 60.9. The fourth-order valence-electron chi connectivity index (χ4n) is 7.30. The van der Waals surface area contributed by atoms with Crippen LogP contribution in [0.3, 0.4) is 0 Å². The Hall–Kier alpha value is -7.25. The average Bonchev–Trinajstić information content (AvgIpc) is 3.34. The molecule has 0 spiro atoms. The van der Waals surface area contributed by atoms with Crippen LogP contribution < -0.4 is 70.8 Å². The Bertz CT molecular complexity index is 2110. The van der Waals surface area contributed by atoms with Crippen LogP contribution in [0.25, 0.3) is 0 Å². The van der Waals surface area contributed by atoms with E-state index in [-0.39, 0.29) is 62.4 Å². The zero-order valence-corrected chi connectivity index (χ0v) is 46.2. The van der Waals surface area contributed by atoms with E-state index in [0.717, 1.165) is 13.8 Å². The molecule has 0 radical (unpaired) electrons. The van der Waals surface area contributed by atoms with Gasteiger partial charge in [-0.1, -0.05) is 41.5 Å². The van der Waals surface area contributed by atoms with Gasteiger partial charge in [0.25, 0.3) is 0 Å². The topological polar surface area (TPSA) is 531 Å². The molecule has 0 unspecified atom stereocenters. The number of amides is 9. The lowest BCUT2D eigenvalue weighted by Crippen LogP contribution is -2.62. The van der Waals surface area contributed by atoms with Crippen molar-refractivity contribution in [2.45, 2.75) is 186 Å². The number of aliphatic hydroxyl groups is 2. The smallest absolute Gasteiger partial charge is 0.326 e. The molecule has 0 aliphatic carbocycles. The van der Waals surface area contributed by atoms with Gasteiger partial charge >= 0.3 is 17.9 Å². The molecule has 0 aromatic rings. The second-order valence-corrected chi connectivity index (χ2v) is 20.2. The summed E-state index contributed by atoms with van der Waals surface area (Å²) < 4.78 is 0. The van der Waals surface area contributed by atoms with Gasteiger partial charge in [-0.3, -0.25) is 57.7 Å². The molecule has 79 heavy (non-hydrogen) atoms. The monoisotopic (exact) mass is 1130 g/mol. The molecule has 11 atom stereocenters. The third-order valence-electron chi connectivity index (χ3n) is 11.8. The lowest BCUT2D eigenvalue weighted by Gasteiger charge is -2.29. The molecule has 31 heteroatoms. The van der Waals surface area contributed by atoms with Crippen molar-refractivity contribution in [3.63, 3.8) is 0 Å². The molecule has 0 rings (SSSR count). The van der Waals surface area contributed by atoms with E-state index >= 15 is 0 Å². The van der Waals surface area contributed by atoms with Crippen LogP contribution in [0.5, 0.6) is 0 Å². The number of unbranched alkanes of at least 4 members (excludes halogenated alkanes) is 1. The number of hydrogen-bond donors (Lipinski definition) is 18. The highest BCUT2D eigenvalue weighted by molar-refractivity contribution is 5.99. The van der Waals surface area contributed by atoms with E-state index in [0.29, 0.717) is 19.4 Å². The highest BCUT2D eigenvalue weighted by Gasteiger charge is 2.37. The first kappa shape index (κ1) is 71.8. The largest absolute Gasteiger partial charge is 0.481 e. The number of carboxylic acids is 3. The number of aliphatic carboxylic acids is 3. The Morgan fingerprint density at radius 3 is 1.34 bits per heavy atom. The SMILES string of the molecule is CC(C)C[C@H](NC(=O)[C@H](CCCN=C(N)N)NC(=O)[C@H](CCCCN)NC(=O)[C@@H](N)C(C)C)C(=O)N[C@@H](CC(C)C)C(=O)N[C@@H](CO)C(=O)N[C@H](C(=O)N[C@@H](CC(=O)O)C(=O)N[C@@H](C)C(=O)N[C@@H](CCC(=O)O)C(=O)O)[C@@H](C)O. The molecular weight excluding hydrogens is 1040 g/mol. The third-order valence-corrected chi connectivity index (χ3v) is 11.8. The first-order valence-electron chi connectivity index (χ1n) is 26.0. The summed E-state index contributed by atoms with van der Waals surface area (Å²) >= 11 is 0. The molecule has 0 bridgehead atoms. The molecule has 9 amide bonds. The van der Waals surface area contributed by atoms with Crippen LogP contribution in [0.1, 0.15) is 120 Å². The van der Waals surface area contributed by atoms with Crippen LogP contribution in [0.4, 0.5) is 0 Å². The minimum absolute atomic E-state index is 0.00429. The lowest BCUT2D eigenvalue weighted by molar-refractivity contribution is -0.144. The van der Waals surface area contributed by atoms with Gasteiger partial charge in [-0.15, -0.1) is 0 Å². The molecule has 0 aromatic carbocycles. The van der Waals surface area contributed by atoms with Crippen LogP contribution >= 0.6 is 0 Å². The van der Waals surface area contributed by atoms with E-state index in [4.69, 9.17) is 28.0 Å². The maximum atomic E-state index is 14.1. The first-order valence-corrected chi connectivity index (χ1v) is 26.0. The molecule has 22 N–H and O–H groups in total. The van der Waals surface area contributed by atoms with Crippen LogP contribution in [-0.2, 0) is 57.5 Å². The molecule has 0 fully saturated rings. The molecule has 0 heterocycles. The van der Waals surface area contributed by atoms with Crippen molar-refractivity contribution in [1.82, 2.24) is 47.9 Å². The van der Waals surface area contributed by atoms with Crippen molar-refractivity contribution in [2.24, 2.45) is 45.7 Å². The van der Waals surface area contributed by atoms with Gasteiger partial charge in [0.2, 0.25) is 53.2 Å². The first-order chi connectivity index (χ1) is 36.8. The van der Waals surface area contributed by atoms with E-state index in [1.54, 1.807) is 41.5 Å². The number of nitrogens with zero attached hydrogens (tertiary/aromatic N) is 1. The van der Waals surface area contributed by atoms with E-state index in [1.807, 2.05) is 10.6 Å². The van der Waals surface area contributed by atoms with Gasteiger partial charge in [0.1, 0.15) is 54.4 Å². The second-order valence-electron chi connectivity index (χ2n) is 20.2. The number of aliphatic imine (C=N–C) groups is 1. The molecule has 0 aromatic heterocycles. The Balaban J connectivity index is 6.55. The van der Waals surface area contributed by atoms with Gasteiger partial charge in [0.05, 0.1) is 25.2 Å². The van der Waals surface area contributed by atoms with Gasteiger partial charge < -0.3 is 96.3 Å². The predicted molar refractivity (Wildman–Crippen MR) is 283 cm³/mol. The number of aliphatic hydroxyl groups excluding tert-OH is 2. The molecule has 450 valence electrons. The maximum absolute atomic E-state index is 14.1. The van der Waals surface area contributed by atoms with Crippen molar-refractivity contribution in [1.29, 1.82) is 0 Å². The summed E-state index contributed by atoms with van der Waals surface area (Å²) in [6.45, 7) is 11.7. The third kappa shape index (κ3) is 28.8.